The molecule has 4 nitrogen and oxygen atoms in total. The Balaban J connectivity index is 2.04. The Bertz CT molecular complexity index is 933. The van der Waals surface area contributed by atoms with Gasteiger partial charge in [0.25, 0.3) is 5.91 Å². The van der Waals surface area contributed by atoms with Gasteiger partial charge in [-0.3, -0.25) is 4.79 Å². The lowest BCUT2D eigenvalue weighted by Gasteiger charge is -2.19. The quantitative estimate of drug-likeness (QED) is 0.297. The molecule has 0 aromatic heterocycles. The molecule has 0 aliphatic carbocycles. The predicted octanol–water partition coefficient (Wildman–Crippen LogP) is 5.41. The maximum Gasteiger partial charge on any atom is 0.259 e. The van der Waals surface area contributed by atoms with Gasteiger partial charge in [0.1, 0.15) is 6.61 Å². The van der Waals surface area contributed by atoms with E-state index in [1.807, 2.05) is 47.4 Å². The molecule has 5 heteroatoms. The van der Waals surface area contributed by atoms with Gasteiger partial charge in [0.15, 0.2) is 11.5 Å². The molecule has 0 N–H and O–H groups in total. The topological polar surface area (TPSA) is 38.8 Å². The molecule has 2 aromatic carbocycles. The Morgan fingerprint density at radius 2 is 2.00 bits per heavy atom. The van der Waals surface area contributed by atoms with Crippen molar-refractivity contribution in [3.8, 4) is 11.5 Å². The summed E-state index contributed by atoms with van der Waals surface area (Å²) in [5, 5.41) is 0. The first-order chi connectivity index (χ1) is 13.5. The summed E-state index contributed by atoms with van der Waals surface area (Å²) in [6.45, 7) is 9.02. The highest BCUT2D eigenvalue weighted by Gasteiger charge is 2.32. The third kappa shape index (κ3) is 4.09. The fourth-order valence-corrected chi connectivity index (χ4v) is 4.05. The van der Waals surface area contributed by atoms with Crippen molar-refractivity contribution in [2.45, 2.75) is 13.8 Å². The number of rotatable bonds is 7. The maximum atomic E-state index is 13.1. The van der Waals surface area contributed by atoms with Gasteiger partial charge < -0.3 is 14.4 Å². The SMILES string of the molecule is C=CCOc1c(I)cc(/C=C2\C(=O)N(CC(C)C)c3ccccc32)cc1OC. The molecule has 3 rings (SSSR count). The van der Waals surface area contributed by atoms with Crippen molar-refractivity contribution in [2.75, 3.05) is 25.2 Å². The lowest BCUT2D eigenvalue weighted by atomic mass is 10.0. The number of hydrogen-bond acceptors (Lipinski definition) is 3. The van der Waals surface area contributed by atoms with E-state index in [0.717, 1.165) is 20.4 Å². The van der Waals surface area contributed by atoms with Crippen LogP contribution in [0.2, 0.25) is 0 Å². The number of hydrogen-bond donors (Lipinski definition) is 0. The van der Waals surface area contributed by atoms with Crippen LogP contribution in [0.4, 0.5) is 5.69 Å². The van der Waals surface area contributed by atoms with E-state index in [9.17, 15) is 4.79 Å². The van der Waals surface area contributed by atoms with Crippen LogP contribution in [-0.2, 0) is 4.79 Å². The van der Waals surface area contributed by atoms with Crippen LogP contribution in [0.25, 0.3) is 11.6 Å². The monoisotopic (exact) mass is 489 g/mol. The summed E-state index contributed by atoms with van der Waals surface area (Å²) >= 11 is 2.22. The molecule has 28 heavy (non-hydrogen) atoms. The zero-order chi connectivity index (χ0) is 20.3. The Morgan fingerprint density at radius 1 is 1.25 bits per heavy atom. The number of para-hydroxylation sites is 1. The van der Waals surface area contributed by atoms with Crippen molar-refractivity contribution < 1.29 is 14.3 Å². The van der Waals surface area contributed by atoms with Crippen molar-refractivity contribution in [1.82, 2.24) is 0 Å². The molecule has 0 unspecified atom stereocenters. The van der Waals surface area contributed by atoms with E-state index in [4.69, 9.17) is 9.47 Å². The van der Waals surface area contributed by atoms with E-state index in [2.05, 4.69) is 43.0 Å². The molecule has 0 bridgehead atoms. The lowest BCUT2D eigenvalue weighted by Crippen LogP contribution is -2.30. The second-order valence-electron chi connectivity index (χ2n) is 7.02. The third-order valence-electron chi connectivity index (χ3n) is 4.42. The number of carbonyl (C=O) groups is 1. The number of amides is 1. The summed E-state index contributed by atoms with van der Waals surface area (Å²) in [4.78, 5) is 15.0. The van der Waals surface area contributed by atoms with Gasteiger partial charge in [-0.05, 0) is 58.3 Å². The van der Waals surface area contributed by atoms with Gasteiger partial charge in [0, 0.05) is 17.7 Å². The zero-order valence-corrected chi connectivity index (χ0v) is 18.5. The minimum Gasteiger partial charge on any atom is -0.493 e. The fraction of sp³-hybridized carbons (Fsp3) is 0.261. The normalized spacial score (nSPS) is 14.5. The molecule has 0 radical (unpaired) electrons. The molecule has 2 aromatic rings. The van der Waals surface area contributed by atoms with Crippen LogP contribution in [0.15, 0.2) is 49.1 Å². The third-order valence-corrected chi connectivity index (χ3v) is 5.22. The molecular formula is C23H24INO3. The number of halogens is 1. The molecule has 1 heterocycles. The van der Waals surface area contributed by atoms with E-state index in [1.165, 1.54) is 0 Å². The Hall–Kier alpha value is -2.28. The number of fused-ring (bicyclic) bond motifs is 1. The van der Waals surface area contributed by atoms with E-state index in [0.29, 0.717) is 36.1 Å². The second kappa shape index (κ2) is 8.82. The van der Waals surface area contributed by atoms with Crippen molar-refractivity contribution >= 4 is 45.8 Å². The standard InChI is InChI=1S/C23H24INO3/c1-5-10-28-22-19(24)12-16(13-21(22)27-4)11-18-17-8-6-7-9-20(17)25(23(18)26)14-15(2)3/h5-9,11-13,15H,1,10,14H2,2-4H3/b18-11-. The van der Waals surface area contributed by atoms with Crippen LogP contribution in [0.1, 0.15) is 25.0 Å². The van der Waals surface area contributed by atoms with Gasteiger partial charge in [0.2, 0.25) is 0 Å². The summed E-state index contributed by atoms with van der Waals surface area (Å²) in [6, 6.07) is 11.8. The Kier molecular flexibility index (Phi) is 6.44. The highest BCUT2D eigenvalue weighted by Crippen LogP contribution is 2.40. The highest BCUT2D eigenvalue weighted by molar-refractivity contribution is 14.1. The lowest BCUT2D eigenvalue weighted by molar-refractivity contribution is -0.113. The van der Waals surface area contributed by atoms with Crippen LogP contribution in [0, 0.1) is 9.49 Å². The molecule has 1 aliphatic rings. The number of carbonyl (C=O) groups excluding carboxylic acids is 1. The molecule has 0 spiro atoms. The van der Waals surface area contributed by atoms with E-state index < -0.39 is 0 Å². The first kappa shape index (κ1) is 20.5. The van der Waals surface area contributed by atoms with Gasteiger partial charge in [-0.25, -0.2) is 0 Å². The van der Waals surface area contributed by atoms with Gasteiger partial charge in [-0.2, -0.15) is 0 Å². The highest BCUT2D eigenvalue weighted by atomic mass is 127. The second-order valence-corrected chi connectivity index (χ2v) is 8.18. The number of benzene rings is 2. The Labute approximate surface area is 180 Å². The van der Waals surface area contributed by atoms with Crippen molar-refractivity contribution in [1.29, 1.82) is 0 Å². The molecule has 0 fully saturated rings. The minimum absolute atomic E-state index is 0.0378. The summed E-state index contributed by atoms with van der Waals surface area (Å²) in [6.07, 6.45) is 3.63. The van der Waals surface area contributed by atoms with Crippen LogP contribution >= 0.6 is 22.6 Å². The first-order valence-corrected chi connectivity index (χ1v) is 10.3. The summed E-state index contributed by atoms with van der Waals surface area (Å²) < 4.78 is 12.2. The van der Waals surface area contributed by atoms with E-state index >= 15 is 0 Å². The van der Waals surface area contributed by atoms with Crippen molar-refractivity contribution in [2.24, 2.45) is 5.92 Å². The number of methoxy groups -OCH3 is 1. The number of nitrogens with zero attached hydrogens (tertiary/aromatic N) is 1. The average Bonchev–Trinajstić information content (AvgIpc) is 2.92. The number of anilines is 1. The van der Waals surface area contributed by atoms with Gasteiger partial charge in [-0.1, -0.05) is 44.7 Å². The van der Waals surface area contributed by atoms with Gasteiger partial charge >= 0.3 is 0 Å². The fourth-order valence-electron chi connectivity index (χ4n) is 3.26. The van der Waals surface area contributed by atoms with Crippen molar-refractivity contribution in [3.05, 3.63) is 63.8 Å². The maximum absolute atomic E-state index is 13.1. The van der Waals surface area contributed by atoms with Gasteiger partial charge in [0.05, 0.1) is 16.4 Å². The largest absolute Gasteiger partial charge is 0.493 e. The van der Waals surface area contributed by atoms with E-state index in [-0.39, 0.29) is 5.91 Å². The average molecular weight is 489 g/mol. The molecule has 1 amide bonds. The van der Waals surface area contributed by atoms with Crippen LogP contribution in [0.5, 0.6) is 11.5 Å². The predicted molar refractivity (Wildman–Crippen MR) is 123 cm³/mol. The molecule has 146 valence electrons. The molecule has 0 saturated heterocycles. The first-order valence-electron chi connectivity index (χ1n) is 9.20. The van der Waals surface area contributed by atoms with Crippen LogP contribution in [0.3, 0.4) is 0 Å². The summed E-state index contributed by atoms with van der Waals surface area (Å²) in [5.74, 6) is 1.75. The summed E-state index contributed by atoms with van der Waals surface area (Å²) in [5.41, 5.74) is 3.54. The summed E-state index contributed by atoms with van der Waals surface area (Å²) in [7, 11) is 1.61. The molecule has 0 atom stereocenters. The Morgan fingerprint density at radius 3 is 2.68 bits per heavy atom. The van der Waals surface area contributed by atoms with Crippen molar-refractivity contribution in [3.63, 3.8) is 0 Å². The minimum atomic E-state index is 0.0378. The van der Waals surface area contributed by atoms with E-state index in [1.54, 1.807) is 13.2 Å². The zero-order valence-electron chi connectivity index (χ0n) is 16.4. The molecular weight excluding hydrogens is 465 g/mol. The van der Waals surface area contributed by atoms with Crippen LogP contribution in [-0.4, -0.2) is 26.2 Å². The number of ether oxygens (including phenoxy) is 2. The van der Waals surface area contributed by atoms with Gasteiger partial charge in [-0.15, -0.1) is 0 Å². The molecule has 0 saturated carbocycles. The van der Waals surface area contributed by atoms with Crippen LogP contribution < -0.4 is 14.4 Å². The molecule has 1 aliphatic heterocycles. The smallest absolute Gasteiger partial charge is 0.259 e.